The van der Waals surface area contributed by atoms with E-state index in [0.717, 1.165) is 6.42 Å². The Balaban J connectivity index is 2.33. The van der Waals surface area contributed by atoms with Crippen LogP contribution in [0, 0.1) is 11.8 Å². The van der Waals surface area contributed by atoms with Crippen molar-refractivity contribution in [3.8, 4) is 0 Å². The van der Waals surface area contributed by atoms with Crippen LogP contribution < -0.4 is 5.32 Å². The third kappa shape index (κ3) is 3.30. The molecular weight excluding hydrogens is 194 g/mol. The van der Waals surface area contributed by atoms with Gasteiger partial charge in [-0.05, 0) is 13.3 Å². The molecule has 1 amide bonds. The molecule has 0 saturated carbocycles. The molecule has 4 nitrogen and oxygen atoms in total. The molecule has 1 N–H and O–H groups in total. The van der Waals surface area contributed by atoms with Crippen molar-refractivity contribution in [1.82, 2.24) is 5.32 Å². The Labute approximate surface area is 90.4 Å². The van der Waals surface area contributed by atoms with E-state index in [1.807, 2.05) is 20.8 Å². The summed E-state index contributed by atoms with van der Waals surface area (Å²) >= 11 is 0. The summed E-state index contributed by atoms with van der Waals surface area (Å²) in [5, 5.41) is 2.67. The molecule has 0 aliphatic carbocycles. The Kier molecular flexibility index (Phi) is 4.27. The lowest BCUT2D eigenvalue weighted by molar-refractivity contribution is -0.129. The lowest BCUT2D eigenvalue weighted by atomic mass is 10.0. The van der Waals surface area contributed by atoms with Crippen LogP contribution in [0.15, 0.2) is 0 Å². The number of rotatable bonds is 4. The van der Waals surface area contributed by atoms with Gasteiger partial charge < -0.3 is 10.1 Å². The monoisotopic (exact) mass is 213 g/mol. The molecule has 0 bridgehead atoms. The van der Waals surface area contributed by atoms with Gasteiger partial charge >= 0.3 is 0 Å². The van der Waals surface area contributed by atoms with E-state index in [-0.39, 0.29) is 36.2 Å². The largest absolute Gasteiger partial charge is 0.378 e. The third-order valence-electron chi connectivity index (χ3n) is 2.79. The second-order valence-electron chi connectivity index (χ2n) is 4.31. The number of carbonyl (C=O) groups excluding carboxylic acids is 2. The van der Waals surface area contributed by atoms with E-state index < -0.39 is 0 Å². The van der Waals surface area contributed by atoms with Crippen LogP contribution in [0.25, 0.3) is 0 Å². The Morgan fingerprint density at radius 3 is 2.60 bits per heavy atom. The molecule has 0 spiro atoms. The summed E-state index contributed by atoms with van der Waals surface area (Å²) in [6, 6.07) is 0. The first-order valence-electron chi connectivity index (χ1n) is 5.44. The van der Waals surface area contributed by atoms with Crippen molar-refractivity contribution in [2.24, 2.45) is 11.8 Å². The van der Waals surface area contributed by atoms with Gasteiger partial charge in [-0.2, -0.15) is 0 Å². The summed E-state index contributed by atoms with van der Waals surface area (Å²) in [5.74, 6) is -0.114. The number of ether oxygens (including phenoxy) is 1. The molecule has 1 aliphatic heterocycles. The minimum Gasteiger partial charge on any atom is -0.378 e. The quantitative estimate of drug-likeness (QED) is 0.750. The van der Waals surface area contributed by atoms with Gasteiger partial charge in [0.1, 0.15) is 0 Å². The van der Waals surface area contributed by atoms with Gasteiger partial charge in [0.2, 0.25) is 5.91 Å². The summed E-state index contributed by atoms with van der Waals surface area (Å²) < 4.78 is 5.30. The molecule has 1 aliphatic rings. The Morgan fingerprint density at radius 2 is 2.13 bits per heavy atom. The van der Waals surface area contributed by atoms with Crippen LogP contribution in [0.4, 0.5) is 0 Å². The van der Waals surface area contributed by atoms with Crippen molar-refractivity contribution >= 4 is 11.7 Å². The minimum absolute atomic E-state index is 0.0254. The van der Waals surface area contributed by atoms with Gasteiger partial charge in [-0.25, -0.2) is 0 Å². The highest BCUT2D eigenvalue weighted by molar-refractivity contribution is 5.88. The molecular formula is C11H19NO3. The third-order valence-corrected chi connectivity index (χ3v) is 2.79. The summed E-state index contributed by atoms with van der Waals surface area (Å²) in [7, 11) is 0. The van der Waals surface area contributed by atoms with Crippen molar-refractivity contribution in [2.45, 2.75) is 33.3 Å². The molecule has 2 atom stereocenters. The number of Topliss-reactive ketones (excluding diaryl/α,β-unsaturated/α-hetero) is 1. The summed E-state index contributed by atoms with van der Waals surface area (Å²) in [4.78, 5) is 22.9. The van der Waals surface area contributed by atoms with E-state index in [1.165, 1.54) is 0 Å². The van der Waals surface area contributed by atoms with E-state index in [4.69, 9.17) is 4.74 Å². The van der Waals surface area contributed by atoms with Crippen LogP contribution in [0.2, 0.25) is 0 Å². The highest BCUT2D eigenvalue weighted by Crippen LogP contribution is 2.20. The predicted molar refractivity (Wildman–Crippen MR) is 56.4 cm³/mol. The first kappa shape index (κ1) is 12.2. The van der Waals surface area contributed by atoms with Gasteiger partial charge in [0.15, 0.2) is 5.78 Å². The average molecular weight is 213 g/mol. The van der Waals surface area contributed by atoms with Gasteiger partial charge in [0.25, 0.3) is 0 Å². The smallest absolute Gasteiger partial charge is 0.226 e. The molecule has 86 valence electrons. The number of nitrogens with one attached hydrogen (secondary N) is 1. The molecule has 0 aromatic heterocycles. The van der Waals surface area contributed by atoms with Gasteiger partial charge in [-0.15, -0.1) is 0 Å². The van der Waals surface area contributed by atoms with Crippen LogP contribution in [0.1, 0.15) is 27.2 Å². The maximum Gasteiger partial charge on any atom is 0.226 e. The van der Waals surface area contributed by atoms with Crippen LogP contribution in [0.5, 0.6) is 0 Å². The van der Waals surface area contributed by atoms with Gasteiger partial charge in [-0.1, -0.05) is 13.8 Å². The molecule has 15 heavy (non-hydrogen) atoms. The lowest BCUT2D eigenvalue weighted by Gasteiger charge is -2.14. The average Bonchev–Trinajstić information content (AvgIpc) is 2.60. The Hall–Kier alpha value is -0.900. The molecule has 0 aromatic carbocycles. The molecule has 1 saturated heterocycles. The molecule has 0 aromatic rings. The summed E-state index contributed by atoms with van der Waals surface area (Å²) in [5.41, 5.74) is 0. The molecule has 1 fully saturated rings. The molecule has 1 rings (SSSR count). The maximum absolute atomic E-state index is 11.6. The van der Waals surface area contributed by atoms with Crippen molar-refractivity contribution < 1.29 is 14.3 Å². The fourth-order valence-corrected chi connectivity index (χ4v) is 1.59. The van der Waals surface area contributed by atoms with E-state index in [0.29, 0.717) is 6.61 Å². The number of amides is 1. The van der Waals surface area contributed by atoms with Gasteiger partial charge in [-0.3, -0.25) is 9.59 Å². The van der Waals surface area contributed by atoms with Crippen LogP contribution in [0.3, 0.4) is 0 Å². The van der Waals surface area contributed by atoms with Crippen LogP contribution in [-0.4, -0.2) is 30.9 Å². The van der Waals surface area contributed by atoms with Gasteiger partial charge in [0, 0.05) is 12.5 Å². The number of ketones is 1. The second-order valence-corrected chi connectivity index (χ2v) is 4.31. The van der Waals surface area contributed by atoms with Crippen molar-refractivity contribution in [3.05, 3.63) is 0 Å². The summed E-state index contributed by atoms with van der Waals surface area (Å²) in [6.45, 7) is 6.32. The van der Waals surface area contributed by atoms with Crippen molar-refractivity contribution in [1.29, 1.82) is 0 Å². The summed E-state index contributed by atoms with van der Waals surface area (Å²) in [6.07, 6.45) is 0.724. The van der Waals surface area contributed by atoms with E-state index in [2.05, 4.69) is 5.32 Å². The van der Waals surface area contributed by atoms with E-state index in [1.54, 1.807) is 0 Å². The van der Waals surface area contributed by atoms with Crippen LogP contribution in [-0.2, 0) is 14.3 Å². The zero-order valence-electron chi connectivity index (χ0n) is 9.58. The molecule has 0 radical (unpaired) electrons. The number of carbonyl (C=O) groups is 2. The van der Waals surface area contributed by atoms with Crippen molar-refractivity contribution in [3.63, 3.8) is 0 Å². The standard InChI is InChI=1S/C11H19NO3/c1-7(2)10(13)6-12-11(14)9-4-5-15-8(9)3/h7-9H,4-6H2,1-3H3,(H,12,14). The lowest BCUT2D eigenvalue weighted by Crippen LogP contribution is -2.38. The predicted octanol–water partition coefficient (Wildman–Crippen LogP) is 0.753. The normalized spacial score (nSPS) is 25.6. The second kappa shape index (κ2) is 5.26. The van der Waals surface area contributed by atoms with Crippen LogP contribution >= 0.6 is 0 Å². The van der Waals surface area contributed by atoms with Crippen molar-refractivity contribution in [2.75, 3.05) is 13.2 Å². The molecule has 4 heteroatoms. The number of hydrogen-bond acceptors (Lipinski definition) is 3. The first-order valence-corrected chi connectivity index (χ1v) is 5.44. The maximum atomic E-state index is 11.6. The fourth-order valence-electron chi connectivity index (χ4n) is 1.59. The molecule has 1 heterocycles. The zero-order valence-corrected chi connectivity index (χ0v) is 9.58. The fraction of sp³-hybridized carbons (Fsp3) is 0.818. The Bertz CT molecular complexity index is 250. The first-order chi connectivity index (χ1) is 7.02. The highest BCUT2D eigenvalue weighted by atomic mass is 16.5. The SMILES string of the molecule is CC(C)C(=O)CNC(=O)C1CCOC1C. The highest BCUT2D eigenvalue weighted by Gasteiger charge is 2.30. The van der Waals surface area contributed by atoms with E-state index in [9.17, 15) is 9.59 Å². The van der Waals surface area contributed by atoms with Gasteiger partial charge in [0.05, 0.1) is 18.6 Å². The topological polar surface area (TPSA) is 55.4 Å². The number of hydrogen-bond donors (Lipinski definition) is 1. The Morgan fingerprint density at radius 1 is 1.47 bits per heavy atom. The minimum atomic E-state index is -0.0926. The molecule has 2 unspecified atom stereocenters. The van der Waals surface area contributed by atoms with E-state index >= 15 is 0 Å². The zero-order chi connectivity index (χ0) is 11.4.